The highest BCUT2D eigenvalue weighted by Gasteiger charge is 2.35. The molecule has 1 aliphatic heterocycles. The van der Waals surface area contributed by atoms with E-state index in [-0.39, 0.29) is 17.6 Å². The second-order valence-corrected chi connectivity index (χ2v) is 11.3. The SMILES string of the molecule is O=C(NS(=O)(=O)C1CCC1)c1cc(C2CC2)c(O[C@@H]2CCCN(c3ccccc3)C2)cc1F. The van der Waals surface area contributed by atoms with Gasteiger partial charge in [-0.05, 0) is 68.2 Å². The number of hydrogen-bond acceptors (Lipinski definition) is 5. The molecule has 0 unspecified atom stereocenters. The monoisotopic (exact) mass is 472 g/mol. The number of amides is 1. The molecule has 1 heterocycles. The van der Waals surface area contributed by atoms with Crippen LogP contribution in [0.4, 0.5) is 10.1 Å². The van der Waals surface area contributed by atoms with Gasteiger partial charge in [-0.2, -0.15) is 0 Å². The summed E-state index contributed by atoms with van der Waals surface area (Å²) in [7, 11) is -3.77. The molecule has 0 radical (unpaired) electrons. The number of halogens is 1. The van der Waals surface area contributed by atoms with Gasteiger partial charge in [-0.3, -0.25) is 4.79 Å². The minimum Gasteiger partial charge on any atom is -0.488 e. The lowest BCUT2D eigenvalue weighted by atomic mass is 10.0. The van der Waals surface area contributed by atoms with Gasteiger partial charge in [0.05, 0.1) is 17.4 Å². The summed E-state index contributed by atoms with van der Waals surface area (Å²) in [4.78, 5) is 14.9. The Hall–Kier alpha value is -2.61. The lowest BCUT2D eigenvalue weighted by molar-refractivity contribution is 0.0976. The number of benzene rings is 2. The third-order valence-corrected chi connectivity index (χ3v) is 8.70. The van der Waals surface area contributed by atoms with Crippen molar-refractivity contribution in [2.75, 3.05) is 18.0 Å². The number of carbonyl (C=O) groups is 1. The summed E-state index contributed by atoms with van der Waals surface area (Å²) in [5.41, 5.74) is 1.69. The van der Waals surface area contributed by atoms with Gasteiger partial charge >= 0.3 is 0 Å². The van der Waals surface area contributed by atoms with Crippen molar-refractivity contribution >= 4 is 21.6 Å². The molecule has 3 aliphatic rings. The van der Waals surface area contributed by atoms with Crippen molar-refractivity contribution in [2.24, 2.45) is 0 Å². The second-order valence-electron chi connectivity index (χ2n) is 9.34. The zero-order chi connectivity index (χ0) is 23.0. The molecule has 33 heavy (non-hydrogen) atoms. The first kappa shape index (κ1) is 22.2. The summed E-state index contributed by atoms with van der Waals surface area (Å²) in [6.45, 7) is 1.65. The van der Waals surface area contributed by atoms with E-state index in [0.29, 0.717) is 25.1 Å². The maximum atomic E-state index is 15.0. The van der Waals surface area contributed by atoms with Gasteiger partial charge in [-0.25, -0.2) is 17.5 Å². The maximum Gasteiger partial charge on any atom is 0.267 e. The number of nitrogens with zero attached hydrogens (tertiary/aromatic N) is 1. The molecule has 6 nitrogen and oxygen atoms in total. The van der Waals surface area contributed by atoms with E-state index < -0.39 is 27.0 Å². The molecule has 3 fully saturated rings. The van der Waals surface area contributed by atoms with Crippen LogP contribution in [0.15, 0.2) is 42.5 Å². The lowest BCUT2D eigenvalue weighted by Gasteiger charge is -2.35. The molecule has 1 saturated heterocycles. The predicted octanol–water partition coefficient (Wildman–Crippen LogP) is 4.36. The number of sulfonamides is 1. The van der Waals surface area contributed by atoms with Gasteiger partial charge in [0.2, 0.25) is 10.0 Å². The number of nitrogens with one attached hydrogen (secondary N) is 1. The number of anilines is 1. The highest BCUT2D eigenvalue weighted by molar-refractivity contribution is 7.90. The molecule has 2 aliphatic carbocycles. The Balaban J connectivity index is 1.34. The second kappa shape index (κ2) is 8.97. The molecule has 0 bridgehead atoms. The van der Waals surface area contributed by atoms with Crippen molar-refractivity contribution in [1.82, 2.24) is 4.72 Å². The van der Waals surface area contributed by atoms with E-state index in [2.05, 4.69) is 21.8 Å². The Labute approximate surface area is 194 Å². The first-order chi connectivity index (χ1) is 15.9. The summed E-state index contributed by atoms with van der Waals surface area (Å²) in [5, 5.41) is -0.561. The summed E-state index contributed by atoms with van der Waals surface area (Å²) >= 11 is 0. The molecule has 1 amide bonds. The molecule has 1 atom stereocenters. The van der Waals surface area contributed by atoms with E-state index in [0.717, 1.165) is 49.9 Å². The third kappa shape index (κ3) is 4.86. The third-order valence-electron chi connectivity index (χ3n) is 6.88. The first-order valence-corrected chi connectivity index (χ1v) is 13.3. The van der Waals surface area contributed by atoms with Gasteiger partial charge in [-0.15, -0.1) is 0 Å². The lowest BCUT2D eigenvalue weighted by Crippen LogP contribution is -2.42. The van der Waals surface area contributed by atoms with Crippen molar-refractivity contribution in [3.8, 4) is 5.75 Å². The number of carbonyl (C=O) groups excluding carboxylic acids is 1. The van der Waals surface area contributed by atoms with Gasteiger partial charge in [0.25, 0.3) is 5.91 Å². The van der Waals surface area contributed by atoms with E-state index in [1.807, 2.05) is 18.2 Å². The number of piperidine rings is 1. The molecular weight excluding hydrogens is 443 g/mol. The van der Waals surface area contributed by atoms with Crippen LogP contribution in [0.1, 0.15) is 66.8 Å². The van der Waals surface area contributed by atoms with Gasteiger partial charge in [0, 0.05) is 18.3 Å². The molecule has 2 aromatic carbocycles. The van der Waals surface area contributed by atoms with Crippen molar-refractivity contribution in [2.45, 2.75) is 62.2 Å². The molecule has 8 heteroatoms. The summed E-state index contributed by atoms with van der Waals surface area (Å²) in [6.07, 6.45) is 5.55. The Morgan fingerprint density at radius 3 is 2.45 bits per heavy atom. The van der Waals surface area contributed by atoms with Crippen LogP contribution in [0.3, 0.4) is 0 Å². The Bertz CT molecular complexity index is 1130. The van der Waals surface area contributed by atoms with Crippen LogP contribution in [-0.2, 0) is 10.0 Å². The smallest absolute Gasteiger partial charge is 0.267 e. The number of hydrogen-bond donors (Lipinski definition) is 1. The first-order valence-electron chi connectivity index (χ1n) is 11.8. The van der Waals surface area contributed by atoms with Crippen LogP contribution in [0.5, 0.6) is 5.75 Å². The molecule has 2 aromatic rings. The van der Waals surface area contributed by atoms with E-state index in [1.54, 1.807) is 0 Å². The number of para-hydroxylation sites is 1. The Kier molecular flexibility index (Phi) is 6.03. The van der Waals surface area contributed by atoms with Crippen molar-refractivity contribution in [3.05, 3.63) is 59.4 Å². The molecular formula is C25H29FN2O4S. The van der Waals surface area contributed by atoms with Crippen LogP contribution in [0, 0.1) is 5.82 Å². The van der Waals surface area contributed by atoms with E-state index in [9.17, 15) is 17.6 Å². The average Bonchev–Trinajstić information content (AvgIpc) is 3.58. The fourth-order valence-electron chi connectivity index (χ4n) is 4.60. The molecule has 176 valence electrons. The van der Waals surface area contributed by atoms with Crippen LogP contribution >= 0.6 is 0 Å². The van der Waals surface area contributed by atoms with Crippen LogP contribution in [0.2, 0.25) is 0 Å². The topological polar surface area (TPSA) is 75.7 Å². The Morgan fingerprint density at radius 2 is 1.79 bits per heavy atom. The quantitative estimate of drug-likeness (QED) is 0.648. The van der Waals surface area contributed by atoms with Gasteiger partial charge in [0.15, 0.2) is 0 Å². The minimum absolute atomic E-state index is 0.0884. The van der Waals surface area contributed by atoms with Crippen LogP contribution in [0.25, 0.3) is 0 Å². The standard InChI is InChI=1S/C25H29FN2O4S/c26-23-15-24(32-19-8-5-13-28(16-19)18-6-2-1-3-7-18)21(17-11-12-17)14-22(23)25(29)27-33(30,31)20-9-4-10-20/h1-3,6-7,14-15,17,19-20H,4-5,8-13,16H2,(H,27,29)/t19-/m1/s1. The molecule has 5 rings (SSSR count). The summed E-state index contributed by atoms with van der Waals surface area (Å²) in [5.74, 6) is -0.982. The van der Waals surface area contributed by atoms with Crippen LogP contribution in [-0.4, -0.2) is 38.8 Å². The highest BCUT2D eigenvalue weighted by atomic mass is 32.2. The molecule has 1 N–H and O–H groups in total. The number of ether oxygens (including phenoxy) is 1. The number of rotatable bonds is 7. The van der Waals surface area contributed by atoms with Crippen LogP contribution < -0.4 is 14.4 Å². The van der Waals surface area contributed by atoms with Gasteiger partial charge < -0.3 is 9.64 Å². The highest BCUT2D eigenvalue weighted by Crippen LogP contribution is 2.45. The Morgan fingerprint density at radius 1 is 1.03 bits per heavy atom. The maximum absolute atomic E-state index is 15.0. The summed E-state index contributed by atoms with van der Waals surface area (Å²) < 4.78 is 48.0. The van der Waals surface area contributed by atoms with Gasteiger partial charge in [-0.1, -0.05) is 24.6 Å². The molecule has 0 spiro atoms. The largest absolute Gasteiger partial charge is 0.488 e. The van der Waals surface area contributed by atoms with E-state index in [1.165, 1.54) is 12.1 Å². The van der Waals surface area contributed by atoms with Gasteiger partial charge in [0.1, 0.15) is 17.7 Å². The fraction of sp³-hybridized carbons (Fsp3) is 0.480. The zero-order valence-electron chi connectivity index (χ0n) is 18.5. The van der Waals surface area contributed by atoms with Crippen molar-refractivity contribution in [3.63, 3.8) is 0 Å². The van der Waals surface area contributed by atoms with E-state index in [4.69, 9.17) is 4.74 Å². The van der Waals surface area contributed by atoms with E-state index >= 15 is 0 Å². The normalized spacial score (nSPS) is 21.4. The fourth-order valence-corrected chi connectivity index (χ4v) is 6.09. The zero-order valence-corrected chi connectivity index (χ0v) is 19.3. The average molecular weight is 473 g/mol. The van der Waals surface area contributed by atoms with Crippen molar-refractivity contribution < 1.29 is 22.3 Å². The molecule has 2 saturated carbocycles. The van der Waals surface area contributed by atoms with Crippen molar-refractivity contribution in [1.29, 1.82) is 0 Å². The minimum atomic E-state index is -3.77. The molecule has 0 aromatic heterocycles. The summed E-state index contributed by atoms with van der Waals surface area (Å²) in [6, 6.07) is 12.9. The predicted molar refractivity (Wildman–Crippen MR) is 125 cm³/mol.